The van der Waals surface area contributed by atoms with E-state index >= 15 is 0 Å². The van der Waals surface area contributed by atoms with Gasteiger partial charge >= 0.3 is 0 Å². The number of nitrogens with zero attached hydrogens (tertiary/aromatic N) is 3. The summed E-state index contributed by atoms with van der Waals surface area (Å²) in [5, 5.41) is 5.01. The summed E-state index contributed by atoms with van der Waals surface area (Å²) in [6.07, 6.45) is 3.41. The zero-order valence-electron chi connectivity index (χ0n) is 15.0. The van der Waals surface area contributed by atoms with Crippen LogP contribution in [0, 0.1) is 0 Å². The fraction of sp³-hybridized carbons (Fsp3) is 0.250. The molecule has 0 aliphatic heterocycles. The highest BCUT2D eigenvalue weighted by atomic mass is 35.5. The number of rotatable bonds is 10. The zero-order chi connectivity index (χ0) is 19.8. The Morgan fingerprint density at radius 1 is 1.00 bits per heavy atom. The van der Waals surface area contributed by atoms with E-state index in [4.69, 9.17) is 32.7 Å². The number of para-hydroxylation sites is 1. The van der Waals surface area contributed by atoms with E-state index in [0.717, 1.165) is 0 Å². The van der Waals surface area contributed by atoms with Crippen LogP contribution in [0.1, 0.15) is 22.8 Å². The Balaban J connectivity index is 1.50. The van der Waals surface area contributed by atoms with Crippen LogP contribution in [0.4, 0.5) is 0 Å². The van der Waals surface area contributed by atoms with E-state index in [9.17, 15) is 4.79 Å². The van der Waals surface area contributed by atoms with Crippen molar-refractivity contribution >= 4 is 29.0 Å². The van der Waals surface area contributed by atoms with Crippen molar-refractivity contribution in [3.05, 3.63) is 76.8 Å². The Labute approximate surface area is 173 Å². The SMILES string of the molecule is O=C(c1ccccc1)C(CCOCCOc1c(Cl)cccc1Cl)n1cncn1. The van der Waals surface area contributed by atoms with E-state index in [-0.39, 0.29) is 5.78 Å². The summed E-state index contributed by atoms with van der Waals surface area (Å²) in [4.78, 5) is 16.8. The topological polar surface area (TPSA) is 66.2 Å². The number of hydrogen-bond donors (Lipinski definition) is 0. The lowest BCUT2D eigenvalue weighted by Gasteiger charge is -2.16. The summed E-state index contributed by atoms with van der Waals surface area (Å²) < 4.78 is 12.8. The average Bonchev–Trinajstić information content (AvgIpc) is 3.24. The number of carbonyl (C=O) groups excluding carboxylic acids is 1. The highest BCUT2D eigenvalue weighted by molar-refractivity contribution is 6.37. The van der Waals surface area contributed by atoms with Crippen LogP contribution in [-0.2, 0) is 4.74 Å². The number of carbonyl (C=O) groups is 1. The Hall–Kier alpha value is -2.41. The minimum atomic E-state index is -0.483. The Morgan fingerprint density at radius 3 is 2.43 bits per heavy atom. The first-order valence-electron chi connectivity index (χ1n) is 8.74. The molecule has 0 N–H and O–H groups in total. The van der Waals surface area contributed by atoms with Gasteiger partial charge in [-0.05, 0) is 12.1 Å². The number of halogens is 2. The van der Waals surface area contributed by atoms with Crippen LogP contribution in [0.25, 0.3) is 0 Å². The first-order chi connectivity index (χ1) is 13.7. The molecule has 0 aliphatic carbocycles. The molecule has 3 aromatic rings. The van der Waals surface area contributed by atoms with E-state index in [0.29, 0.717) is 47.6 Å². The zero-order valence-corrected chi connectivity index (χ0v) is 16.5. The number of ketones is 1. The molecule has 1 unspecified atom stereocenters. The molecule has 1 atom stereocenters. The molecular weight excluding hydrogens is 401 g/mol. The van der Waals surface area contributed by atoms with Crippen molar-refractivity contribution in [3.63, 3.8) is 0 Å². The summed E-state index contributed by atoms with van der Waals surface area (Å²) in [5.74, 6) is 0.406. The van der Waals surface area contributed by atoms with Gasteiger partial charge in [-0.1, -0.05) is 59.6 Å². The summed E-state index contributed by atoms with van der Waals surface area (Å²) in [5.41, 5.74) is 0.625. The van der Waals surface area contributed by atoms with E-state index in [2.05, 4.69) is 10.1 Å². The molecule has 146 valence electrons. The molecule has 0 saturated carbocycles. The Kier molecular flexibility index (Phi) is 7.42. The van der Waals surface area contributed by atoms with Gasteiger partial charge in [-0.2, -0.15) is 5.10 Å². The van der Waals surface area contributed by atoms with Crippen molar-refractivity contribution in [2.75, 3.05) is 19.8 Å². The smallest absolute Gasteiger partial charge is 0.187 e. The number of aromatic nitrogens is 3. The van der Waals surface area contributed by atoms with Gasteiger partial charge in [0.2, 0.25) is 0 Å². The number of hydrogen-bond acceptors (Lipinski definition) is 5. The maximum absolute atomic E-state index is 12.8. The molecule has 3 rings (SSSR count). The molecule has 0 saturated heterocycles. The van der Waals surface area contributed by atoms with Gasteiger partial charge in [-0.3, -0.25) is 4.79 Å². The van der Waals surface area contributed by atoms with Crippen LogP contribution >= 0.6 is 23.2 Å². The van der Waals surface area contributed by atoms with Crippen LogP contribution in [0.5, 0.6) is 5.75 Å². The van der Waals surface area contributed by atoms with Gasteiger partial charge in [0, 0.05) is 18.6 Å². The largest absolute Gasteiger partial charge is 0.488 e. The van der Waals surface area contributed by atoms with Crippen LogP contribution in [0.2, 0.25) is 10.0 Å². The van der Waals surface area contributed by atoms with Gasteiger partial charge in [0.15, 0.2) is 11.5 Å². The van der Waals surface area contributed by atoms with Crippen molar-refractivity contribution in [2.24, 2.45) is 0 Å². The summed E-state index contributed by atoms with van der Waals surface area (Å²) in [7, 11) is 0. The van der Waals surface area contributed by atoms with Crippen molar-refractivity contribution in [1.82, 2.24) is 14.8 Å². The summed E-state index contributed by atoms with van der Waals surface area (Å²) in [6.45, 7) is 0.998. The third-order valence-electron chi connectivity index (χ3n) is 4.05. The van der Waals surface area contributed by atoms with E-state index < -0.39 is 6.04 Å². The van der Waals surface area contributed by atoms with Gasteiger partial charge < -0.3 is 9.47 Å². The number of ether oxygens (including phenoxy) is 2. The lowest BCUT2D eigenvalue weighted by atomic mass is 10.0. The molecule has 0 fully saturated rings. The molecule has 0 spiro atoms. The molecule has 1 heterocycles. The fourth-order valence-electron chi connectivity index (χ4n) is 2.68. The Bertz CT molecular complexity index is 869. The summed E-state index contributed by atoms with van der Waals surface area (Å²) >= 11 is 12.1. The Morgan fingerprint density at radius 2 is 1.75 bits per heavy atom. The highest BCUT2D eigenvalue weighted by Gasteiger charge is 2.22. The second-order valence-corrected chi connectivity index (χ2v) is 6.74. The summed E-state index contributed by atoms with van der Waals surface area (Å²) in [6, 6.07) is 13.8. The monoisotopic (exact) mass is 419 g/mol. The van der Waals surface area contributed by atoms with E-state index in [1.807, 2.05) is 18.2 Å². The van der Waals surface area contributed by atoms with Crippen LogP contribution in [0.15, 0.2) is 61.2 Å². The van der Waals surface area contributed by atoms with E-state index in [1.165, 1.54) is 12.7 Å². The van der Waals surface area contributed by atoms with Crippen molar-refractivity contribution in [2.45, 2.75) is 12.5 Å². The van der Waals surface area contributed by atoms with E-state index in [1.54, 1.807) is 35.0 Å². The second kappa shape index (κ2) is 10.2. The molecular formula is C20H19Cl2N3O3. The molecule has 0 amide bonds. The van der Waals surface area contributed by atoms with Crippen molar-refractivity contribution in [1.29, 1.82) is 0 Å². The minimum absolute atomic E-state index is 0.0335. The first kappa shape index (κ1) is 20.3. The molecule has 0 bridgehead atoms. The lowest BCUT2D eigenvalue weighted by molar-refractivity contribution is 0.0762. The minimum Gasteiger partial charge on any atom is -0.488 e. The molecule has 28 heavy (non-hydrogen) atoms. The third-order valence-corrected chi connectivity index (χ3v) is 4.64. The maximum atomic E-state index is 12.8. The van der Waals surface area contributed by atoms with Gasteiger partial charge in [0.25, 0.3) is 0 Å². The van der Waals surface area contributed by atoms with Gasteiger partial charge in [-0.25, -0.2) is 9.67 Å². The normalized spacial score (nSPS) is 11.9. The van der Waals surface area contributed by atoms with Gasteiger partial charge in [0.1, 0.15) is 25.3 Å². The van der Waals surface area contributed by atoms with Crippen LogP contribution in [-0.4, -0.2) is 40.4 Å². The first-order valence-corrected chi connectivity index (χ1v) is 9.50. The van der Waals surface area contributed by atoms with Gasteiger partial charge in [0.05, 0.1) is 16.7 Å². The van der Waals surface area contributed by atoms with Crippen molar-refractivity contribution < 1.29 is 14.3 Å². The standard InChI is InChI=1S/C20H19Cl2N3O3/c21-16-7-4-8-17(22)20(16)28-12-11-27-10-9-18(25-14-23-13-24-25)19(26)15-5-2-1-3-6-15/h1-8,13-14,18H,9-12H2. The van der Waals surface area contributed by atoms with Gasteiger partial charge in [-0.15, -0.1) is 0 Å². The quantitative estimate of drug-likeness (QED) is 0.357. The average molecular weight is 420 g/mol. The van der Waals surface area contributed by atoms with Crippen LogP contribution < -0.4 is 4.74 Å². The molecule has 2 aromatic carbocycles. The molecule has 1 aromatic heterocycles. The predicted octanol–water partition coefficient (Wildman–Crippen LogP) is 4.49. The third kappa shape index (κ3) is 5.32. The fourth-order valence-corrected chi connectivity index (χ4v) is 3.18. The lowest BCUT2D eigenvalue weighted by Crippen LogP contribution is -2.22. The second-order valence-electron chi connectivity index (χ2n) is 5.92. The highest BCUT2D eigenvalue weighted by Crippen LogP contribution is 2.32. The number of Topliss-reactive ketones (excluding diaryl/α,β-unsaturated/α-hetero) is 1. The van der Waals surface area contributed by atoms with Crippen LogP contribution in [0.3, 0.4) is 0 Å². The maximum Gasteiger partial charge on any atom is 0.187 e. The number of benzene rings is 2. The molecule has 0 aliphatic rings. The molecule has 6 nitrogen and oxygen atoms in total. The van der Waals surface area contributed by atoms with Crippen molar-refractivity contribution in [3.8, 4) is 5.75 Å². The molecule has 8 heteroatoms. The predicted molar refractivity (Wildman–Crippen MR) is 107 cm³/mol. The molecule has 0 radical (unpaired) electrons.